The summed E-state index contributed by atoms with van der Waals surface area (Å²) in [5.74, 6) is -0.436. The van der Waals surface area contributed by atoms with E-state index in [2.05, 4.69) is 5.10 Å². The lowest BCUT2D eigenvalue weighted by Crippen LogP contribution is -2.35. The monoisotopic (exact) mass is 391 g/mol. The number of aromatic nitrogens is 2. The molecule has 2 aromatic rings. The van der Waals surface area contributed by atoms with Crippen LogP contribution in [0.5, 0.6) is 0 Å². The summed E-state index contributed by atoms with van der Waals surface area (Å²) in [6.07, 6.45) is -6.46. The number of hydrogen-bond acceptors (Lipinski definition) is 2. The Morgan fingerprint density at radius 2 is 1.67 bits per heavy atom. The number of nitrogens with zero attached hydrogens (tertiary/aromatic N) is 3. The van der Waals surface area contributed by atoms with Gasteiger partial charge in [0.25, 0.3) is 0 Å². The van der Waals surface area contributed by atoms with Crippen molar-refractivity contribution in [2.75, 3.05) is 0 Å². The molecule has 3 rings (SSSR count). The van der Waals surface area contributed by atoms with Crippen LogP contribution >= 0.6 is 0 Å². The van der Waals surface area contributed by atoms with Crippen molar-refractivity contribution in [3.05, 3.63) is 53.3 Å². The van der Waals surface area contributed by atoms with Gasteiger partial charge in [0.2, 0.25) is 5.91 Å². The van der Waals surface area contributed by atoms with Crippen LogP contribution in [0.15, 0.2) is 36.5 Å². The molecule has 10 heteroatoms. The molecular formula is C17H15F6N3O. The van der Waals surface area contributed by atoms with Crippen molar-refractivity contribution in [2.45, 2.75) is 44.3 Å². The van der Waals surface area contributed by atoms with Gasteiger partial charge in [0, 0.05) is 18.8 Å². The number of halogens is 6. The van der Waals surface area contributed by atoms with Crippen LogP contribution in [0.25, 0.3) is 0 Å². The minimum atomic E-state index is -4.59. The first-order chi connectivity index (χ1) is 12.5. The first-order valence-electron chi connectivity index (χ1n) is 8.10. The largest absolute Gasteiger partial charge is 0.435 e. The Labute approximate surface area is 150 Å². The average Bonchev–Trinajstić information content (AvgIpc) is 3.29. The fourth-order valence-electron chi connectivity index (χ4n) is 2.63. The minimum Gasteiger partial charge on any atom is -0.334 e. The van der Waals surface area contributed by atoms with Crippen LogP contribution in [-0.2, 0) is 30.2 Å². The van der Waals surface area contributed by atoms with Gasteiger partial charge in [-0.25, -0.2) is 0 Å². The van der Waals surface area contributed by atoms with E-state index in [-0.39, 0.29) is 19.1 Å². The van der Waals surface area contributed by atoms with Crippen LogP contribution in [0.2, 0.25) is 0 Å². The second-order valence-electron chi connectivity index (χ2n) is 6.34. The standard InChI is InChI=1S/C17H15F6N3O/c18-16(19,20)12-3-1-11(2-4-12)9-26(13-5-6-13)15(27)10-25-8-7-14(24-25)17(21,22)23/h1-4,7-8,13H,5-6,9-10H2. The third-order valence-corrected chi connectivity index (χ3v) is 4.17. The van der Waals surface area contributed by atoms with Crippen molar-refractivity contribution in [1.82, 2.24) is 14.7 Å². The number of amides is 1. The van der Waals surface area contributed by atoms with E-state index in [0.717, 1.165) is 41.9 Å². The fourth-order valence-corrected chi connectivity index (χ4v) is 2.63. The molecule has 0 saturated heterocycles. The molecule has 1 saturated carbocycles. The Morgan fingerprint density at radius 1 is 1.04 bits per heavy atom. The second-order valence-corrected chi connectivity index (χ2v) is 6.34. The van der Waals surface area contributed by atoms with Gasteiger partial charge in [-0.3, -0.25) is 9.48 Å². The predicted molar refractivity (Wildman–Crippen MR) is 82.2 cm³/mol. The third kappa shape index (κ3) is 4.81. The average molecular weight is 391 g/mol. The highest BCUT2D eigenvalue weighted by molar-refractivity contribution is 5.76. The molecule has 0 spiro atoms. The molecule has 0 atom stereocenters. The molecule has 0 radical (unpaired) electrons. The van der Waals surface area contributed by atoms with Crippen LogP contribution in [0, 0.1) is 0 Å². The summed E-state index contributed by atoms with van der Waals surface area (Å²) in [6.45, 7) is -0.276. The van der Waals surface area contributed by atoms with E-state index in [1.165, 1.54) is 17.0 Å². The second kappa shape index (κ2) is 6.90. The number of alkyl halides is 6. The van der Waals surface area contributed by atoms with Crippen LogP contribution in [0.1, 0.15) is 29.7 Å². The summed E-state index contributed by atoms with van der Waals surface area (Å²) in [6, 6.07) is 5.19. The molecule has 1 heterocycles. The van der Waals surface area contributed by atoms with Gasteiger partial charge in [-0.2, -0.15) is 31.4 Å². The number of carbonyl (C=O) groups excluding carboxylic acids is 1. The molecule has 1 aromatic carbocycles. The maximum atomic E-state index is 12.6. The van der Waals surface area contributed by atoms with E-state index in [0.29, 0.717) is 5.56 Å². The fraction of sp³-hybridized carbons (Fsp3) is 0.412. The van der Waals surface area contributed by atoms with E-state index in [1.54, 1.807) is 0 Å². The lowest BCUT2D eigenvalue weighted by molar-refractivity contribution is -0.142. The molecule has 1 fully saturated rings. The SMILES string of the molecule is O=C(Cn1ccc(C(F)(F)F)n1)N(Cc1ccc(C(F)(F)F)cc1)C1CC1. The van der Waals surface area contributed by atoms with Gasteiger partial charge < -0.3 is 4.90 Å². The highest BCUT2D eigenvalue weighted by Gasteiger charge is 2.35. The molecule has 0 bridgehead atoms. The number of hydrogen-bond donors (Lipinski definition) is 0. The van der Waals surface area contributed by atoms with Crippen molar-refractivity contribution in [3.8, 4) is 0 Å². The zero-order valence-electron chi connectivity index (χ0n) is 13.9. The van der Waals surface area contributed by atoms with Gasteiger partial charge >= 0.3 is 12.4 Å². The zero-order valence-corrected chi connectivity index (χ0v) is 13.9. The Hall–Kier alpha value is -2.52. The smallest absolute Gasteiger partial charge is 0.334 e. The van der Waals surface area contributed by atoms with E-state index >= 15 is 0 Å². The molecule has 1 aliphatic rings. The molecular weight excluding hydrogens is 376 g/mol. The van der Waals surface area contributed by atoms with Crippen molar-refractivity contribution in [2.24, 2.45) is 0 Å². The summed E-state index contributed by atoms with van der Waals surface area (Å²) in [7, 11) is 0. The maximum Gasteiger partial charge on any atom is 0.435 e. The topological polar surface area (TPSA) is 38.1 Å². The van der Waals surface area contributed by atoms with E-state index in [9.17, 15) is 31.1 Å². The Morgan fingerprint density at radius 3 is 2.15 bits per heavy atom. The van der Waals surface area contributed by atoms with Crippen LogP contribution < -0.4 is 0 Å². The predicted octanol–water partition coefficient (Wildman–Crippen LogP) is 4.11. The molecule has 27 heavy (non-hydrogen) atoms. The first kappa shape index (κ1) is 19.2. The number of rotatable bonds is 5. The molecule has 1 amide bonds. The first-order valence-corrected chi connectivity index (χ1v) is 8.10. The Balaban J connectivity index is 1.68. The molecule has 146 valence electrons. The summed E-state index contributed by atoms with van der Waals surface area (Å²) in [5.41, 5.74) is -1.36. The van der Waals surface area contributed by atoms with Gasteiger partial charge in [-0.05, 0) is 36.6 Å². The van der Waals surface area contributed by atoms with Crippen molar-refractivity contribution in [1.29, 1.82) is 0 Å². The van der Waals surface area contributed by atoms with Crippen molar-refractivity contribution in [3.63, 3.8) is 0 Å². The molecule has 1 aliphatic carbocycles. The lowest BCUT2D eigenvalue weighted by atomic mass is 10.1. The number of carbonyl (C=O) groups is 1. The van der Waals surface area contributed by atoms with Gasteiger partial charge in [0.15, 0.2) is 5.69 Å². The summed E-state index contributed by atoms with van der Waals surface area (Å²) >= 11 is 0. The normalized spacial score (nSPS) is 15.0. The highest BCUT2D eigenvalue weighted by atomic mass is 19.4. The lowest BCUT2D eigenvalue weighted by Gasteiger charge is -2.23. The van der Waals surface area contributed by atoms with Gasteiger partial charge in [-0.1, -0.05) is 12.1 Å². The quantitative estimate of drug-likeness (QED) is 0.720. The summed E-state index contributed by atoms with van der Waals surface area (Å²) in [4.78, 5) is 14.0. The number of benzene rings is 1. The molecule has 1 aromatic heterocycles. The van der Waals surface area contributed by atoms with Crippen LogP contribution in [0.4, 0.5) is 26.3 Å². The van der Waals surface area contributed by atoms with Crippen molar-refractivity contribution >= 4 is 5.91 Å². The van der Waals surface area contributed by atoms with Gasteiger partial charge in [0.05, 0.1) is 5.56 Å². The maximum absolute atomic E-state index is 12.6. The molecule has 0 unspecified atom stereocenters. The molecule has 4 nitrogen and oxygen atoms in total. The Bertz CT molecular complexity index is 805. The highest BCUT2D eigenvalue weighted by Crippen LogP contribution is 2.31. The van der Waals surface area contributed by atoms with Crippen LogP contribution in [0.3, 0.4) is 0 Å². The van der Waals surface area contributed by atoms with E-state index < -0.39 is 29.5 Å². The third-order valence-electron chi connectivity index (χ3n) is 4.17. The minimum absolute atomic E-state index is 0.0579. The van der Waals surface area contributed by atoms with E-state index in [1.807, 2.05) is 0 Å². The van der Waals surface area contributed by atoms with Gasteiger partial charge in [-0.15, -0.1) is 0 Å². The van der Waals surface area contributed by atoms with Crippen molar-refractivity contribution < 1.29 is 31.1 Å². The van der Waals surface area contributed by atoms with Gasteiger partial charge in [0.1, 0.15) is 6.54 Å². The molecule has 0 N–H and O–H groups in total. The summed E-state index contributed by atoms with van der Waals surface area (Å²) in [5, 5.41) is 3.35. The van der Waals surface area contributed by atoms with E-state index in [4.69, 9.17) is 0 Å². The zero-order chi connectivity index (χ0) is 19.8. The Kier molecular flexibility index (Phi) is 4.92. The van der Waals surface area contributed by atoms with Crippen LogP contribution in [-0.4, -0.2) is 26.6 Å². The molecule has 0 aliphatic heterocycles. The summed E-state index contributed by atoms with van der Waals surface area (Å²) < 4.78 is 76.5.